The number of fused-ring (bicyclic) bond motifs is 1. The van der Waals surface area contributed by atoms with Crippen LogP contribution in [0.4, 0.5) is 5.69 Å². The quantitative estimate of drug-likeness (QED) is 0.682. The molecule has 1 heterocycles. The first kappa shape index (κ1) is 17.5. The van der Waals surface area contributed by atoms with Crippen LogP contribution < -0.4 is 9.03 Å². The summed E-state index contributed by atoms with van der Waals surface area (Å²) in [6.45, 7) is 1.98. The summed E-state index contributed by atoms with van der Waals surface area (Å²) >= 11 is 0. The molecule has 0 saturated carbocycles. The Hall–Kier alpha value is -2.90. The van der Waals surface area contributed by atoms with Crippen molar-refractivity contribution >= 4 is 33.0 Å². The molecule has 1 unspecified atom stereocenters. The molecule has 2 N–H and O–H groups in total. The van der Waals surface area contributed by atoms with Crippen LogP contribution in [-0.2, 0) is 15.0 Å². The van der Waals surface area contributed by atoms with Gasteiger partial charge in [-0.3, -0.25) is 4.31 Å². The highest BCUT2D eigenvalue weighted by atomic mass is 32.2. The van der Waals surface area contributed by atoms with E-state index in [4.69, 9.17) is 0 Å². The lowest BCUT2D eigenvalue weighted by atomic mass is 9.97. The standard InChI is InChI=1S/C20H18N2O4S/c1-13-4-2-3-5-18(13)15-7-6-14-10-20(24)19(9-16(14)8-15)22-11-17(12-23)21-27(22,25)26/h2-10,12,17,21,24H,11H2,1H3. The van der Waals surface area contributed by atoms with Crippen LogP contribution in [0.5, 0.6) is 5.75 Å². The van der Waals surface area contributed by atoms with Gasteiger partial charge in [0.1, 0.15) is 12.0 Å². The zero-order valence-electron chi connectivity index (χ0n) is 14.6. The molecule has 27 heavy (non-hydrogen) atoms. The SMILES string of the molecule is Cc1ccccc1-c1ccc2cc(O)c(N3CC(C=O)NS3(=O)=O)cc2c1. The molecule has 1 fully saturated rings. The van der Waals surface area contributed by atoms with Gasteiger partial charge in [0.05, 0.1) is 18.3 Å². The predicted octanol–water partition coefficient (Wildman–Crippen LogP) is 2.74. The Labute approximate surface area is 157 Å². The Balaban J connectivity index is 1.85. The van der Waals surface area contributed by atoms with Gasteiger partial charge in [-0.2, -0.15) is 13.1 Å². The Kier molecular flexibility index (Phi) is 4.13. The van der Waals surface area contributed by atoms with Gasteiger partial charge in [-0.15, -0.1) is 0 Å². The van der Waals surface area contributed by atoms with E-state index in [1.54, 1.807) is 6.07 Å². The molecule has 0 amide bonds. The normalized spacial score (nSPS) is 18.7. The van der Waals surface area contributed by atoms with Crippen LogP contribution in [0.1, 0.15) is 5.56 Å². The van der Waals surface area contributed by atoms with E-state index in [2.05, 4.69) is 4.72 Å². The molecule has 4 rings (SSSR count). The fourth-order valence-electron chi connectivity index (χ4n) is 3.41. The van der Waals surface area contributed by atoms with Crippen molar-refractivity contribution in [2.45, 2.75) is 13.0 Å². The molecule has 1 saturated heterocycles. The van der Waals surface area contributed by atoms with Crippen molar-refractivity contribution in [2.24, 2.45) is 0 Å². The van der Waals surface area contributed by atoms with Crippen molar-refractivity contribution in [1.29, 1.82) is 0 Å². The number of hydrogen-bond donors (Lipinski definition) is 2. The van der Waals surface area contributed by atoms with Gasteiger partial charge in [0.25, 0.3) is 0 Å². The van der Waals surface area contributed by atoms with Crippen LogP contribution in [0, 0.1) is 6.92 Å². The van der Waals surface area contributed by atoms with Crippen LogP contribution in [0.2, 0.25) is 0 Å². The third-order valence-corrected chi connectivity index (χ3v) is 6.30. The van der Waals surface area contributed by atoms with Crippen molar-refractivity contribution in [3.63, 3.8) is 0 Å². The van der Waals surface area contributed by atoms with Crippen molar-refractivity contribution in [3.8, 4) is 16.9 Å². The number of aldehydes is 1. The third-order valence-electron chi connectivity index (χ3n) is 4.78. The number of nitrogens with one attached hydrogen (secondary N) is 1. The van der Waals surface area contributed by atoms with Gasteiger partial charge in [-0.1, -0.05) is 36.4 Å². The average molecular weight is 382 g/mol. The Morgan fingerprint density at radius 2 is 1.89 bits per heavy atom. The molecule has 138 valence electrons. The molecule has 0 bridgehead atoms. The van der Waals surface area contributed by atoms with Crippen LogP contribution in [0.3, 0.4) is 0 Å². The zero-order chi connectivity index (χ0) is 19.2. The van der Waals surface area contributed by atoms with Gasteiger partial charge in [0.15, 0.2) is 0 Å². The number of carbonyl (C=O) groups is 1. The van der Waals surface area contributed by atoms with Crippen LogP contribution in [0.15, 0.2) is 54.6 Å². The van der Waals surface area contributed by atoms with Gasteiger partial charge >= 0.3 is 10.2 Å². The molecule has 3 aromatic rings. The van der Waals surface area contributed by atoms with Crippen molar-refractivity contribution < 1.29 is 18.3 Å². The summed E-state index contributed by atoms with van der Waals surface area (Å²) < 4.78 is 27.9. The molecule has 7 heteroatoms. The second-order valence-electron chi connectivity index (χ2n) is 6.61. The van der Waals surface area contributed by atoms with Gasteiger partial charge in [-0.05, 0) is 52.6 Å². The minimum absolute atomic E-state index is 0.0532. The largest absolute Gasteiger partial charge is 0.506 e. The van der Waals surface area contributed by atoms with Crippen LogP contribution >= 0.6 is 0 Å². The number of phenols is 1. The number of hydrogen-bond acceptors (Lipinski definition) is 4. The number of nitrogens with zero attached hydrogens (tertiary/aromatic N) is 1. The van der Waals surface area contributed by atoms with E-state index in [0.29, 0.717) is 6.29 Å². The highest BCUT2D eigenvalue weighted by Gasteiger charge is 2.36. The summed E-state index contributed by atoms with van der Waals surface area (Å²) in [6.07, 6.45) is 0.548. The first-order valence-corrected chi connectivity index (χ1v) is 9.91. The second-order valence-corrected chi connectivity index (χ2v) is 8.24. The number of aryl methyl sites for hydroxylation is 1. The lowest BCUT2D eigenvalue weighted by Crippen LogP contribution is -2.30. The number of rotatable bonds is 3. The molecule has 0 spiro atoms. The molecular weight excluding hydrogens is 364 g/mol. The molecule has 1 atom stereocenters. The molecular formula is C20H18N2O4S. The van der Waals surface area contributed by atoms with Gasteiger partial charge in [0, 0.05) is 0 Å². The maximum Gasteiger partial charge on any atom is 0.302 e. The zero-order valence-corrected chi connectivity index (χ0v) is 15.4. The van der Waals surface area contributed by atoms with Crippen LogP contribution in [0.25, 0.3) is 21.9 Å². The molecule has 0 radical (unpaired) electrons. The maximum atomic E-state index is 12.3. The lowest BCUT2D eigenvalue weighted by molar-refractivity contribution is -0.108. The van der Waals surface area contributed by atoms with E-state index in [-0.39, 0.29) is 18.0 Å². The van der Waals surface area contributed by atoms with E-state index < -0.39 is 16.3 Å². The van der Waals surface area contributed by atoms with Gasteiger partial charge in [0.2, 0.25) is 0 Å². The number of anilines is 1. The molecule has 6 nitrogen and oxygen atoms in total. The number of aromatic hydroxyl groups is 1. The maximum absolute atomic E-state index is 12.3. The smallest absolute Gasteiger partial charge is 0.302 e. The summed E-state index contributed by atoms with van der Waals surface area (Å²) in [4.78, 5) is 11.0. The number of carbonyl (C=O) groups excluding carboxylic acids is 1. The summed E-state index contributed by atoms with van der Waals surface area (Å²) in [7, 11) is -3.87. The fraction of sp³-hybridized carbons (Fsp3) is 0.150. The Bertz CT molecular complexity index is 1160. The van der Waals surface area contributed by atoms with Crippen molar-refractivity contribution in [2.75, 3.05) is 10.8 Å². The van der Waals surface area contributed by atoms with E-state index in [1.165, 1.54) is 6.07 Å². The first-order valence-electron chi connectivity index (χ1n) is 8.47. The Morgan fingerprint density at radius 3 is 2.59 bits per heavy atom. The number of benzene rings is 3. The van der Waals surface area contributed by atoms with Gasteiger partial charge < -0.3 is 9.90 Å². The summed E-state index contributed by atoms with van der Waals surface area (Å²) in [5.74, 6) is -0.150. The average Bonchev–Trinajstić information content (AvgIpc) is 2.95. The predicted molar refractivity (Wildman–Crippen MR) is 105 cm³/mol. The van der Waals surface area contributed by atoms with E-state index in [0.717, 1.165) is 31.8 Å². The van der Waals surface area contributed by atoms with Gasteiger partial charge in [-0.25, -0.2) is 0 Å². The minimum Gasteiger partial charge on any atom is -0.506 e. The highest BCUT2D eigenvalue weighted by Crippen LogP contribution is 2.37. The topological polar surface area (TPSA) is 86.7 Å². The third kappa shape index (κ3) is 3.05. The molecule has 1 aliphatic heterocycles. The summed E-state index contributed by atoms with van der Waals surface area (Å²) in [5, 5.41) is 12.0. The monoisotopic (exact) mass is 382 g/mol. The first-order chi connectivity index (χ1) is 12.9. The fourth-order valence-corrected chi connectivity index (χ4v) is 4.81. The summed E-state index contributed by atoms with van der Waals surface area (Å²) in [6, 6.07) is 16.2. The van der Waals surface area contributed by atoms with E-state index in [1.807, 2.05) is 49.4 Å². The second kappa shape index (κ2) is 6.37. The highest BCUT2D eigenvalue weighted by molar-refractivity contribution is 7.91. The van der Waals surface area contributed by atoms with Crippen molar-refractivity contribution in [3.05, 3.63) is 60.2 Å². The summed E-state index contributed by atoms with van der Waals surface area (Å²) in [5.41, 5.74) is 3.38. The minimum atomic E-state index is -3.87. The van der Waals surface area contributed by atoms with E-state index >= 15 is 0 Å². The molecule has 3 aromatic carbocycles. The van der Waals surface area contributed by atoms with E-state index in [9.17, 15) is 18.3 Å². The van der Waals surface area contributed by atoms with Crippen LogP contribution in [-0.4, -0.2) is 32.4 Å². The van der Waals surface area contributed by atoms with Crippen molar-refractivity contribution in [1.82, 2.24) is 4.72 Å². The lowest BCUT2D eigenvalue weighted by Gasteiger charge is -2.18. The molecule has 0 aromatic heterocycles. The molecule has 0 aliphatic carbocycles. The molecule has 1 aliphatic rings. The Morgan fingerprint density at radius 1 is 1.11 bits per heavy atom. The number of phenolic OH excluding ortho intramolecular Hbond substituents is 1.